The lowest BCUT2D eigenvalue weighted by molar-refractivity contribution is 0.0689. The van der Waals surface area contributed by atoms with Crippen LogP contribution in [0.4, 0.5) is 0 Å². The summed E-state index contributed by atoms with van der Waals surface area (Å²) in [6, 6.07) is 3.82. The quantitative estimate of drug-likeness (QED) is 0.682. The monoisotopic (exact) mass is 168 g/mol. The highest BCUT2D eigenvalue weighted by molar-refractivity contribution is 7.10. The maximum atomic E-state index is 8.49. The predicted molar refractivity (Wildman–Crippen MR) is 42.7 cm³/mol. The third-order valence-electron chi connectivity index (χ3n) is 1.35. The van der Waals surface area contributed by atoms with E-state index >= 15 is 0 Å². The number of nitrogens with zero attached hydrogens (tertiary/aromatic N) is 1. The Labute approximate surface area is 69.0 Å². The molecule has 1 heterocycles. The van der Waals surface area contributed by atoms with E-state index in [0.29, 0.717) is 5.56 Å². The topological polar surface area (TPSA) is 59.0 Å². The molecule has 11 heavy (non-hydrogen) atoms. The number of hydrogen-bond donors (Lipinski definition) is 1. The van der Waals surface area contributed by atoms with Gasteiger partial charge in [0.1, 0.15) is 12.2 Å². The fourth-order valence-corrected chi connectivity index (χ4v) is 1.52. The second-order valence-corrected chi connectivity index (χ2v) is 3.07. The van der Waals surface area contributed by atoms with Gasteiger partial charge >= 0.3 is 0 Å². The van der Waals surface area contributed by atoms with Crippen molar-refractivity contribution in [1.29, 1.82) is 5.26 Å². The van der Waals surface area contributed by atoms with Gasteiger partial charge in [-0.15, -0.1) is 11.3 Å². The molecule has 1 aromatic rings. The van der Waals surface area contributed by atoms with Gasteiger partial charge in [0.15, 0.2) is 0 Å². The smallest absolute Gasteiger partial charge is 0.110 e. The Hall–Kier alpha value is -0.890. The molecule has 0 aliphatic carbocycles. The van der Waals surface area contributed by atoms with E-state index < -0.39 is 0 Å². The van der Waals surface area contributed by atoms with Crippen molar-refractivity contribution in [3.63, 3.8) is 0 Å². The van der Waals surface area contributed by atoms with Gasteiger partial charge in [0.2, 0.25) is 0 Å². The molecule has 3 nitrogen and oxygen atoms in total. The molecule has 0 amide bonds. The molecule has 0 aromatic carbocycles. The summed E-state index contributed by atoms with van der Waals surface area (Å²) in [5.74, 6) is 4.98. The second kappa shape index (κ2) is 3.49. The van der Waals surface area contributed by atoms with E-state index in [-0.39, 0.29) is 6.10 Å². The zero-order valence-corrected chi connectivity index (χ0v) is 6.89. The van der Waals surface area contributed by atoms with Crippen molar-refractivity contribution in [2.24, 2.45) is 5.90 Å². The van der Waals surface area contributed by atoms with Crippen molar-refractivity contribution >= 4 is 11.3 Å². The minimum absolute atomic E-state index is 0.123. The maximum Gasteiger partial charge on any atom is 0.110 e. The van der Waals surface area contributed by atoms with Crippen molar-refractivity contribution in [3.05, 3.63) is 21.9 Å². The van der Waals surface area contributed by atoms with E-state index in [2.05, 4.69) is 4.84 Å². The first-order chi connectivity index (χ1) is 5.27. The lowest BCUT2D eigenvalue weighted by atomic mass is 10.3. The summed E-state index contributed by atoms with van der Waals surface area (Å²) < 4.78 is 0. The van der Waals surface area contributed by atoms with Crippen LogP contribution in [0.25, 0.3) is 0 Å². The second-order valence-electron chi connectivity index (χ2n) is 2.13. The van der Waals surface area contributed by atoms with Gasteiger partial charge in [0.25, 0.3) is 0 Å². The number of nitrogens with two attached hydrogens (primary N) is 1. The van der Waals surface area contributed by atoms with Crippen LogP contribution in [-0.2, 0) is 4.84 Å². The van der Waals surface area contributed by atoms with Gasteiger partial charge in [-0.2, -0.15) is 5.26 Å². The first-order valence-corrected chi connectivity index (χ1v) is 4.00. The molecule has 4 heteroatoms. The zero-order valence-electron chi connectivity index (χ0n) is 6.07. The molecule has 1 aromatic heterocycles. The van der Waals surface area contributed by atoms with Crippen LogP contribution in [-0.4, -0.2) is 0 Å². The molecule has 2 N–H and O–H groups in total. The van der Waals surface area contributed by atoms with Gasteiger partial charge in [-0.25, -0.2) is 5.90 Å². The molecule has 58 valence electrons. The fourth-order valence-electron chi connectivity index (χ4n) is 0.692. The first kappa shape index (κ1) is 8.21. The van der Waals surface area contributed by atoms with Crippen molar-refractivity contribution in [2.45, 2.75) is 13.0 Å². The average Bonchev–Trinajstić information content (AvgIpc) is 2.50. The minimum Gasteiger partial charge on any atom is -0.296 e. The summed E-state index contributed by atoms with van der Waals surface area (Å²) in [5.41, 5.74) is 0.661. The van der Waals surface area contributed by atoms with E-state index in [1.165, 1.54) is 11.3 Å². The van der Waals surface area contributed by atoms with Crippen LogP contribution in [0.2, 0.25) is 0 Å². The van der Waals surface area contributed by atoms with Gasteiger partial charge in [0.05, 0.1) is 5.56 Å². The molecule has 0 bridgehead atoms. The van der Waals surface area contributed by atoms with Crippen LogP contribution in [0.5, 0.6) is 0 Å². The van der Waals surface area contributed by atoms with Crippen LogP contribution < -0.4 is 5.90 Å². The van der Waals surface area contributed by atoms with Crippen molar-refractivity contribution in [3.8, 4) is 6.07 Å². The van der Waals surface area contributed by atoms with Gasteiger partial charge in [-0.1, -0.05) is 0 Å². The first-order valence-electron chi connectivity index (χ1n) is 3.12. The highest BCUT2D eigenvalue weighted by atomic mass is 32.1. The Morgan fingerprint density at radius 1 is 1.82 bits per heavy atom. The van der Waals surface area contributed by atoms with E-state index in [9.17, 15) is 0 Å². The summed E-state index contributed by atoms with van der Waals surface area (Å²) in [6.07, 6.45) is -0.123. The molecule has 1 unspecified atom stereocenters. The predicted octanol–water partition coefficient (Wildman–Crippen LogP) is 1.57. The molecule has 1 rings (SSSR count). The van der Waals surface area contributed by atoms with Gasteiger partial charge in [0, 0.05) is 10.3 Å². The van der Waals surface area contributed by atoms with Gasteiger partial charge in [-0.3, -0.25) is 4.84 Å². The summed E-state index contributed by atoms with van der Waals surface area (Å²) in [7, 11) is 0. The minimum atomic E-state index is -0.123. The maximum absolute atomic E-state index is 8.49. The van der Waals surface area contributed by atoms with Crippen LogP contribution >= 0.6 is 11.3 Å². The number of thiophene rings is 1. The van der Waals surface area contributed by atoms with Crippen molar-refractivity contribution < 1.29 is 4.84 Å². The number of nitriles is 1. The van der Waals surface area contributed by atoms with Gasteiger partial charge in [-0.05, 0) is 13.0 Å². The molecule has 0 radical (unpaired) electrons. The van der Waals surface area contributed by atoms with Crippen molar-refractivity contribution in [2.75, 3.05) is 0 Å². The molecule has 1 atom stereocenters. The van der Waals surface area contributed by atoms with E-state index in [0.717, 1.165) is 4.88 Å². The normalized spacial score (nSPS) is 12.5. The Bertz CT molecular complexity index is 276. The van der Waals surface area contributed by atoms with E-state index in [1.54, 1.807) is 11.4 Å². The van der Waals surface area contributed by atoms with Gasteiger partial charge < -0.3 is 0 Å². The highest BCUT2D eigenvalue weighted by Gasteiger charge is 2.06. The summed E-state index contributed by atoms with van der Waals surface area (Å²) in [4.78, 5) is 5.57. The molecule has 0 aliphatic rings. The molecular formula is C7H8N2OS. The lowest BCUT2D eigenvalue weighted by Gasteiger charge is -2.03. The largest absolute Gasteiger partial charge is 0.296 e. The summed E-state index contributed by atoms with van der Waals surface area (Å²) in [5, 5.41) is 10.3. The van der Waals surface area contributed by atoms with Crippen LogP contribution in [0.1, 0.15) is 23.5 Å². The Balaban J connectivity index is 2.82. The Morgan fingerprint density at radius 2 is 2.55 bits per heavy atom. The van der Waals surface area contributed by atoms with E-state index in [1.807, 2.05) is 13.0 Å². The molecule has 0 aliphatic heterocycles. The number of hydrogen-bond acceptors (Lipinski definition) is 4. The molecule has 0 spiro atoms. The standard InChI is InChI=1S/C7H8N2OS/c1-5(10-9)7-2-6(3-8)4-11-7/h2,4-5H,9H2,1H3. The summed E-state index contributed by atoms with van der Waals surface area (Å²) >= 11 is 1.48. The SMILES string of the molecule is CC(ON)c1cc(C#N)cs1. The third-order valence-corrected chi connectivity index (χ3v) is 2.45. The van der Waals surface area contributed by atoms with Crippen LogP contribution in [0, 0.1) is 11.3 Å². The zero-order chi connectivity index (χ0) is 8.27. The molecular weight excluding hydrogens is 160 g/mol. The average molecular weight is 168 g/mol. The fraction of sp³-hybridized carbons (Fsp3) is 0.286. The molecule has 0 saturated heterocycles. The number of rotatable bonds is 2. The lowest BCUT2D eigenvalue weighted by Crippen LogP contribution is -2.03. The Kier molecular flexibility index (Phi) is 2.60. The highest BCUT2D eigenvalue weighted by Crippen LogP contribution is 2.22. The summed E-state index contributed by atoms with van der Waals surface area (Å²) in [6.45, 7) is 1.84. The molecule has 0 saturated carbocycles. The van der Waals surface area contributed by atoms with Crippen molar-refractivity contribution in [1.82, 2.24) is 0 Å². The third kappa shape index (κ3) is 1.77. The molecule has 0 fully saturated rings. The van der Waals surface area contributed by atoms with E-state index in [4.69, 9.17) is 11.2 Å². The van der Waals surface area contributed by atoms with Crippen LogP contribution in [0.3, 0.4) is 0 Å². The van der Waals surface area contributed by atoms with Crippen LogP contribution in [0.15, 0.2) is 11.4 Å². The Morgan fingerprint density at radius 3 is 3.00 bits per heavy atom.